The molecular weight excluding hydrogens is 368 g/mol. The van der Waals surface area contributed by atoms with Crippen LogP contribution in [0.15, 0.2) is 65.8 Å². The Morgan fingerprint density at radius 1 is 1.10 bits per heavy atom. The molecule has 3 rings (SSSR count). The van der Waals surface area contributed by atoms with Crippen molar-refractivity contribution in [3.63, 3.8) is 0 Å². The third-order valence-electron chi connectivity index (χ3n) is 4.32. The quantitative estimate of drug-likeness (QED) is 0.462. The van der Waals surface area contributed by atoms with Crippen molar-refractivity contribution in [2.75, 3.05) is 13.7 Å². The molecule has 3 aromatic carbocycles. The topological polar surface area (TPSA) is 69.2 Å². The maximum atomic E-state index is 12.4. The van der Waals surface area contributed by atoms with Crippen LogP contribution >= 0.6 is 0 Å². The summed E-state index contributed by atoms with van der Waals surface area (Å²) in [7, 11) is 1.58. The zero-order valence-electron chi connectivity index (χ0n) is 16.7. The molecule has 1 amide bonds. The molecule has 1 unspecified atom stereocenters. The Hall–Kier alpha value is -3.54. The number of hydrogen-bond donors (Lipinski definition) is 1. The van der Waals surface area contributed by atoms with Crippen molar-refractivity contribution in [1.82, 2.24) is 5.43 Å². The molecule has 0 aliphatic carbocycles. The fraction of sp³-hybridized carbons (Fsp3) is 0.217. The minimum Gasteiger partial charge on any atom is -0.497 e. The minimum atomic E-state index is -0.724. The third kappa shape index (κ3) is 5.04. The lowest BCUT2D eigenvalue weighted by Gasteiger charge is -2.14. The Labute approximate surface area is 170 Å². The highest BCUT2D eigenvalue weighted by molar-refractivity contribution is 6.02. The van der Waals surface area contributed by atoms with Gasteiger partial charge in [0.25, 0.3) is 5.91 Å². The first-order valence-electron chi connectivity index (χ1n) is 9.40. The van der Waals surface area contributed by atoms with Gasteiger partial charge in [-0.2, -0.15) is 5.10 Å². The third-order valence-corrected chi connectivity index (χ3v) is 4.32. The summed E-state index contributed by atoms with van der Waals surface area (Å²) < 4.78 is 16.5. The van der Waals surface area contributed by atoms with Crippen molar-refractivity contribution in [3.05, 3.63) is 66.2 Å². The molecule has 0 saturated carbocycles. The smallest absolute Gasteiger partial charge is 0.280 e. The van der Waals surface area contributed by atoms with E-state index in [2.05, 4.69) is 10.5 Å². The average Bonchev–Trinajstić information content (AvgIpc) is 2.75. The number of nitrogens with zero attached hydrogens (tertiary/aromatic N) is 1. The average molecular weight is 392 g/mol. The van der Waals surface area contributed by atoms with E-state index in [1.165, 1.54) is 0 Å². The Bertz CT molecular complexity index is 1020. The molecule has 0 fully saturated rings. The molecule has 29 heavy (non-hydrogen) atoms. The van der Waals surface area contributed by atoms with E-state index in [0.717, 1.165) is 16.3 Å². The number of carbonyl (C=O) groups excluding carboxylic acids is 1. The van der Waals surface area contributed by atoms with E-state index < -0.39 is 6.10 Å². The predicted octanol–water partition coefficient (Wildman–Crippen LogP) is 4.16. The monoisotopic (exact) mass is 392 g/mol. The van der Waals surface area contributed by atoms with Crippen LogP contribution in [0.2, 0.25) is 0 Å². The fourth-order valence-electron chi connectivity index (χ4n) is 2.87. The van der Waals surface area contributed by atoms with Crippen molar-refractivity contribution in [3.8, 4) is 17.2 Å². The van der Waals surface area contributed by atoms with Crippen LogP contribution in [0.4, 0.5) is 0 Å². The largest absolute Gasteiger partial charge is 0.497 e. The second-order valence-corrected chi connectivity index (χ2v) is 6.30. The SMILES string of the molecule is CCOc1ccc2ccccc2c1/C=N/NC(=O)C(C)Oc1cccc(OC)c1. The number of hydrogen-bond acceptors (Lipinski definition) is 5. The molecule has 0 aliphatic rings. The van der Waals surface area contributed by atoms with Crippen LogP contribution in [0.1, 0.15) is 19.4 Å². The van der Waals surface area contributed by atoms with E-state index in [1.807, 2.05) is 49.4 Å². The van der Waals surface area contributed by atoms with E-state index in [0.29, 0.717) is 23.9 Å². The normalized spacial score (nSPS) is 12.0. The molecule has 0 radical (unpaired) electrons. The Balaban J connectivity index is 1.71. The van der Waals surface area contributed by atoms with Gasteiger partial charge in [0.15, 0.2) is 6.10 Å². The van der Waals surface area contributed by atoms with Gasteiger partial charge in [-0.1, -0.05) is 36.4 Å². The highest BCUT2D eigenvalue weighted by Crippen LogP contribution is 2.26. The number of hydrazone groups is 1. The summed E-state index contributed by atoms with van der Waals surface area (Å²) in [6.07, 6.45) is 0.877. The lowest BCUT2D eigenvalue weighted by molar-refractivity contribution is -0.127. The second kappa shape index (κ2) is 9.59. The Morgan fingerprint density at radius 2 is 1.90 bits per heavy atom. The number of fused-ring (bicyclic) bond motifs is 1. The number of amides is 1. The van der Waals surface area contributed by atoms with E-state index >= 15 is 0 Å². The predicted molar refractivity (Wildman–Crippen MR) is 114 cm³/mol. The number of rotatable bonds is 8. The van der Waals surface area contributed by atoms with Crippen LogP contribution in [0, 0.1) is 0 Å². The summed E-state index contributed by atoms with van der Waals surface area (Å²) in [4.78, 5) is 12.4. The maximum Gasteiger partial charge on any atom is 0.280 e. The molecule has 150 valence electrons. The standard InChI is InChI=1S/C23H24N2O4/c1-4-28-22-13-12-17-8-5-6-11-20(17)21(22)15-24-25-23(26)16(2)29-19-10-7-9-18(14-19)27-3/h5-16H,4H2,1-3H3,(H,25,26)/b24-15+. The van der Waals surface area contributed by atoms with E-state index in [-0.39, 0.29) is 5.91 Å². The molecule has 0 aromatic heterocycles. The van der Waals surface area contributed by atoms with Gasteiger partial charge in [0.05, 0.1) is 19.9 Å². The van der Waals surface area contributed by atoms with Crippen molar-refractivity contribution in [2.45, 2.75) is 20.0 Å². The number of nitrogens with one attached hydrogen (secondary N) is 1. The highest BCUT2D eigenvalue weighted by atomic mass is 16.5. The first-order valence-corrected chi connectivity index (χ1v) is 9.40. The van der Waals surface area contributed by atoms with Crippen LogP contribution < -0.4 is 19.6 Å². The summed E-state index contributed by atoms with van der Waals surface area (Å²) in [5.74, 6) is 1.56. The van der Waals surface area contributed by atoms with Gasteiger partial charge in [-0.3, -0.25) is 4.79 Å². The molecule has 1 N–H and O–H groups in total. The summed E-state index contributed by atoms with van der Waals surface area (Å²) in [6, 6.07) is 18.9. The molecule has 0 heterocycles. The van der Waals surface area contributed by atoms with Gasteiger partial charge < -0.3 is 14.2 Å². The summed E-state index contributed by atoms with van der Waals surface area (Å²) in [6.45, 7) is 4.13. The first kappa shape index (κ1) is 20.2. The second-order valence-electron chi connectivity index (χ2n) is 6.30. The molecule has 1 atom stereocenters. The van der Waals surface area contributed by atoms with Crippen LogP contribution in [-0.4, -0.2) is 31.9 Å². The van der Waals surface area contributed by atoms with Gasteiger partial charge in [0, 0.05) is 11.6 Å². The van der Waals surface area contributed by atoms with Gasteiger partial charge in [-0.25, -0.2) is 5.43 Å². The van der Waals surface area contributed by atoms with E-state index in [4.69, 9.17) is 14.2 Å². The summed E-state index contributed by atoms with van der Waals surface area (Å²) in [5, 5.41) is 6.19. The number of carbonyl (C=O) groups is 1. The molecule has 3 aromatic rings. The molecule has 0 spiro atoms. The highest BCUT2D eigenvalue weighted by Gasteiger charge is 2.14. The van der Waals surface area contributed by atoms with Gasteiger partial charge in [0.1, 0.15) is 17.2 Å². The maximum absolute atomic E-state index is 12.4. The van der Waals surface area contributed by atoms with Crippen LogP contribution in [0.3, 0.4) is 0 Å². The fourth-order valence-corrected chi connectivity index (χ4v) is 2.87. The molecule has 6 nitrogen and oxygen atoms in total. The van der Waals surface area contributed by atoms with Crippen molar-refractivity contribution in [2.24, 2.45) is 5.10 Å². The molecule has 6 heteroatoms. The minimum absolute atomic E-state index is 0.359. The lowest BCUT2D eigenvalue weighted by Crippen LogP contribution is -2.33. The lowest BCUT2D eigenvalue weighted by atomic mass is 10.0. The number of ether oxygens (including phenoxy) is 3. The first-order chi connectivity index (χ1) is 14.1. The molecule has 0 saturated heterocycles. The zero-order chi connectivity index (χ0) is 20.6. The van der Waals surface area contributed by atoms with Gasteiger partial charge in [-0.05, 0) is 42.8 Å². The summed E-state index contributed by atoms with van der Waals surface area (Å²) in [5.41, 5.74) is 3.34. The van der Waals surface area contributed by atoms with Gasteiger partial charge >= 0.3 is 0 Å². The van der Waals surface area contributed by atoms with Crippen LogP contribution in [-0.2, 0) is 4.79 Å². The zero-order valence-corrected chi connectivity index (χ0v) is 16.7. The number of benzene rings is 3. The van der Waals surface area contributed by atoms with Gasteiger partial charge in [-0.15, -0.1) is 0 Å². The van der Waals surface area contributed by atoms with Crippen LogP contribution in [0.5, 0.6) is 17.2 Å². The number of methoxy groups -OCH3 is 1. The van der Waals surface area contributed by atoms with Crippen molar-refractivity contribution >= 4 is 22.9 Å². The van der Waals surface area contributed by atoms with Gasteiger partial charge in [0.2, 0.25) is 0 Å². The summed E-state index contributed by atoms with van der Waals surface area (Å²) >= 11 is 0. The Morgan fingerprint density at radius 3 is 2.69 bits per heavy atom. The Kier molecular flexibility index (Phi) is 6.68. The molecule has 0 aliphatic heterocycles. The molecule has 0 bridgehead atoms. The van der Waals surface area contributed by atoms with E-state index in [9.17, 15) is 4.79 Å². The molecular formula is C23H24N2O4. The van der Waals surface area contributed by atoms with Crippen molar-refractivity contribution in [1.29, 1.82) is 0 Å². The van der Waals surface area contributed by atoms with E-state index in [1.54, 1.807) is 38.4 Å². The van der Waals surface area contributed by atoms with Crippen LogP contribution in [0.25, 0.3) is 10.8 Å². The van der Waals surface area contributed by atoms with Crippen molar-refractivity contribution < 1.29 is 19.0 Å².